The Morgan fingerprint density at radius 2 is 2.11 bits per heavy atom. The van der Waals surface area contributed by atoms with E-state index in [0.717, 1.165) is 18.4 Å². The fourth-order valence-electron chi connectivity index (χ4n) is 1.99. The van der Waals surface area contributed by atoms with Gasteiger partial charge in [0.25, 0.3) is 0 Å². The summed E-state index contributed by atoms with van der Waals surface area (Å²) in [5, 5.41) is 0.687. The monoisotopic (exact) mass is 282 g/mol. The van der Waals surface area contributed by atoms with Crippen LogP contribution in [0.1, 0.15) is 39.2 Å². The molecule has 2 N–H and O–H groups in total. The number of rotatable bonds is 6. The molecule has 1 unspecified atom stereocenters. The maximum Gasteiger partial charge on any atom is 0.240 e. The molecule has 0 aliphatic rings. The van der Waals surface area contributed by atoms with Crippen LogP contribution < -0.4 is 5.73 Å². The van der Waals surface area contributed by atoms with Gasteiger partial charge in [-0.25, -0.2) is 0 Å². The van der Waals surface area contributed by atoms with E-state index in [0.29, 0.717) is 11.6 Å². The zero-order valence-electron chi connectivity index (χ0n) is 11.9. The van der Waals surface area contributed by atoms with Crippen molar-refractivity contribution in [3.05, 3.63) is 34.9 Å². The molecule has 1 rings (SSSR count). The van der Waals surface area contributed by atoms with Gasteiger partial charge in [-0.2, -0.15) is 0 Å². The van der Waals surface area contributed by atoms with E-state index in [1.165, 1.54) is 0 Å². The number of carbonyl (C=O) groups is 1. The number of halogens is 1. The maximum atomic E-state index is 12.3. The van der Waals surface area contributed by atoms with Crippen LogP contribution in [0.4, 0.5) is 0 Å². The number of hydrogen-bond acceptors (Lipinski definition) is 2. The first-order valence-corrected chi connectivity index (χ1v) is 7.14. The van der Waals surface area contributed by atoms with E-state index in [4.69, 9.17) is 17.3 Å². The summed E-state index contributed by atoms with van der Waals surface area (Å²) in [7, 11) is 0. The fourth-order valence-corrected chi connectivity index (χ4v) is 2.21. The molecule has 0 bridgehead atoms. The van der Waals surface area contributed by atoms with Crippen LogP contribution in [0.15, 0.2) is 24.3 Å². The molecule has 106 valence electrons. The molecule has 3 nitrogen and oxygen atoms in total. The number of nitrogens with zero attached hydrogens (tertiary/aromatic N) is 1. The minimum absolute atomic E-state index is 0.0109. The van der Waals surface area contributed by atoms with Gasteiger partial charge in [0, 0.05) is 17.6 Å². The molecule has 1 aromatic rings. The molecule has 0 saturated heterocycles. The number of carbonyl (C=O) groups excluding carboxylic acids is 1. The van der Waals surface area contributed by atoms with Crippen LogP contribution in [0.2, 0.25) is 5.02 Å². The van der Waals surface area contributed by atoms with Gasteiger partial charge >= 0.3 is 0 Å². The zero-order valence-corrected chi connectivity index (χ0v) is 12.7. The van der Waals surface area contributed by atoms with Gasteiger partial charge in [-0.15, -0.1) is 0 Å². The predicted octanol–water partition coefficient (Wildman–Crippen LogP) is 3.20. The molecule has 0 heterocycles. The third kappa shape index (κ3) is 4.84. The Labute approximate surface area is 120 Å². The van der Waals surface area contributed by atoms with E-state index in [-0.39, 0.29) is 11.9 Å². The van der Waals surface area contributed by atoms with Crippen LogP contribution in [0.5, 0.6) is 0 Å². The third-order valence-corrected chi connectivity index (χ3v) is 3.30. The summed E-state index contributed by atoms with van der Waals surface area (Å²) < 4.78 is 0. The van der Waals surface area contributed by atoms with Gasteiger partial charge in [0.2, 0.25) is 5.91 Å². The largest absolute Gasteiger partial charge is 0.335 e. The molecule has 1 atom stereocenters. The number of benzene rings is 1. The number of hydrogen-bond donors (Lipinski definition) is 1. The predicted molar refractivity (Wildman–Crippen MR) is 80.0 cm³/mol. The Morgan fingerprint density at radius 3 is 2.63 bits per heavy atom. The van der Waals surface area contributed by atoms with Crippen molar-refractivity contribution in [2.24, 2.45) is 5.73 Å². The standard InChI is InChI=1S/C15H23ClN2O/c1-4-6-14(17)15(19)18(11(2)3)10-12-7-5-8-13(16)9-12/h5,7-9,11,14H,4,6,10,17H2,1-3H3. The molecule has 0 aliphatic carbocycles. The van der Waals surface area contributed by atoms with Crippen molar-refractivity contribution in [3.63, 3.8) is 0 Å². The summed E-state index contributed by atoms with van der Waals surface area (Å²) in [6.07, 6.45) is 1.63. The lowest BCUT2D eigenvalue weighted by atomic mass is 10.1. The molecule has 0 spiro atoms. The average molecular weight is 283 g/mol. The van der Waals surface area contributed by atoms with Gasteiger partial charge in [0.15, 0.2) is 0 Å². The maximum absolute atomic E-state index is 12.3. The van der Waals surface area contributed by atoms with Crippen LogP contribution in [-0.2, 0) is 11.3 Å². The van der Waals surface area contributed by atoms with Gasteiger partial charge < -0.3 is 10.6 Å². The van der Waals surface area contributed by atoms with E-state index in [2.05, 4.69) is 0 Å². The van der Waals surface area contributed by atoms with E-state index in [9.17, 15) is 4.79 Å². The van der Waals surface area contributed by atoms with Crippen molar-refractivity contribution in [2.75, 3.05) is 0 Å². The lowest BCUT2D eigenvalue weighted by Crippen LogP contribution is -2.46. The van der Waals surface area contributed by atoms with Crippen molar-refractivity contribution >= 4 is 17.5 Å². The van der Waals surface area contributed by atoms with Gasteiger partial charge in [-0.1, -0.05) is 37.1 Å². The highest BCUT2D eigenvalue weighted by Crippen LogP contribution is 2.15. The van der Waals surface area contributed by atoms with Crippen molar-refractivity contribution in [2.45, 2.75) is 52.2 Å². The highest BCUT2D eigenvalue weighted by molar-refractivity contribution is 6.30. The minimum atomic E-state index is -0.411. The molecule has 4 heteroatoms. The topological polar surface area (TPSA) is 46.3 Å². The molecule has 0 aliphatic heterocycles. The Hall–Kier alpha value is -1.06. The zero-order chi connectivity index (χ0) is 14.4. The highest BCUT2D eigenvalue weighted by atomic mass is 35.5. The molecule has 0 saturated carbocycles. The summed E-state index contributed by atoms with van der Waals surface area (Å²) >= 11 is 5.97. The normalized spacial score (nSPS) is 12.5. The third-order valence-electron chi connectivity index (χ3n) is 3.07. The highest BCUT2D eigenvalue weighted by Gasteiger charge is 2.22. The Bertz CT molecular complexity index is 420. The SMILES string of the molecule is CCCC(N)C(=O)N(Cc1cccc(Cl)c1)C(C)C. The Kier molecular flexibility index (Phi) is 6.32. The quantitative estimate of drug-likeness (QED) is 0.871. The smallest absolute Gasteiger partial charge is 0.240 e. The molecule has 1 amide bonds. The first kappa shape index (κ1) is 16.0. The van der Waals surface area contributed by atoms with Crippen molar-refractivity contribution in [1.82, 2.24) is 4.90 Å². The van der Waals surface area contributed by atoms with Gasteiger partial charge in [-0.3, -0.25) is 4.79 Å². The fraction of sp³-hybridized carbons (Fsp3) is 0.533. The first-order valence-electron chi connectivity index (χ1n) is 6.76. The summed E-state index contributed by atoms with van der Waals surface area (Å²) in [6.45, 7) is 6.58. The average Bonchev–Trinajstić information content (AvgIpc) is 2.35. The molecule has 0 aromatic heterocycles. The van der Waals surface area contributed by atoms with E-state index < -0.39 is 6.04 Å². The van der Waals surface area contributed by atoms with Crippen LogP contribution in [0.25, 0.3) is 0 Å². The van der Waals surface area contributed by atoms with E-state index in [1.54, 1.807) is 0 Å². The number of amides is 1. The minimum Gasteiger partial charge on any atom is -0.335 e. The molecule has 19 heavy (non-hydrogen) atoms. The van der Waals surface area contributed by atoms with Crippen LogP contribution in [0.3, 0.4) is 0 Å². The lowest BCUT2D eigenvalue weighted by molar-refractivity contribution is -0.135. The molecule has 0 fully saturated rings. The Balaban J connectivity index is 2.81. The summed E-state index contributed by atoms with van der Waals surface area (Å²) in [6, 6.07) is 7.29. The molecular weight excluding hydrogens is 260 g/mol. The molecular formula is C15H23ClN2O. The second-order valence-corrected chi connectivity index (χ2v) is 5.52. The number of nitrogens with two attached hydrogens (primary N) is 1. The van der Waals surface area contributed by atoms with Crippen LogP contribution in [-0.4, -0.2) is 22.9 Å². The van der Waals surface area contributed by atoms with Crippen molar-refractivity contribution in [3.8, 4) is 0 Å². The second-order valence-electron chi connectivity index (χ2n) is 5.08. The molecule has 1 aromatic carbocycles. The Morgan fingerprint density at radius 1 is 1.42 bits per heavy atom. The molecule has 0 radical (unpaired) electrons. The van der Waals surface area contributed by atoms with E-state index in [1.807, 2.05) is 49.9 Å². The summed E-state index contributed by atoms with van der Waals surface area (Å²) in [4.78, 5) is 14.1. The lowest BCUT2D eigenvalue weighted by Gasteiger charge is -2.29. The van der Waals surface area contributed by atoms with Crippen LogP contribution >= 0.6 is 11.6 Å². The van der Waals surface area contributed by atoms with Gasteiger partial charge in [-0.05, 0) is 38.0 Å². The van der Waals surface area contributed by atoms with Crippen LogP contribution in [0, 0.1) is 0 Å². The van der Waals surface area contributed by atoms with Gasteiger partial charge in [0.1, 0.15) is 0 Å². The van der Waals surface area contributed by atoms with Crippen molar-refractivity contribution in [1.29, 1.82) is 0 Å². The van der Waals surface area contributed by atoms with Crippen molar-refractivity contribution < 1.29 is 4.79 Å². The summed E-state index contributed by atoms with van der Waals surface area (Å²) in [5.41, 5.74) is 6.96. The first-order chi connectivity index (χ1) is 8.95. The van der Waals surface area contributed by atoms with E-state index >= 15 is 0 Å². The van der Waals surface area contributed by atoms with Gasteiger partial charge in [0.05, 0.1) is 6.04 Å². The summed E-state index contributed by atoms with van der Waals surface area (Å²) in [5.74, 6) is 0.0109. The second kappa shape index (κ2) is 7.51.